The molecule has 5 rings (SSSR count). The fourth-order valence-corrected chi connectivity index (χ4v) is 6.48. The predicted octanol–water partition coefficient (Wildman–Crippen LogP) is 7.29. The largest absolute Gasteiger partial charge is 0.444 e. The predicted molar refractivity (Wildman–Crippen MR) is 179 cm³/mol. The van der Waals surface area contributed by atoms with Crippen molar-refractivity contribution in [3.05, 3.63) is 57.8 Å². The number of non-ortho nitro benzene ring substituents is 1. The minimum atomic E-state index is -0.786. The number of carbonyl (C=O) groups excluding carboxylic acids is 2. The summed E-state index contributed by atoms with van der Waals surface area (Å²) in [6, 6.07) is 8.26. The maximum atomic E-state index is 13.8. The highest BCUT2D eigenvalue weighted by Gasteiger charge is 2.44. The zero-order chi connectivity index (χ0) is 34.3. The third-order valence-corrected chi connectivity index (χ3v) is 8.46. The van der Waals surface area contributed by atoms with Crippen molar-refractivity contribution in [2.75, 3.05) is 16.8 Å². The fraction of sp³-hybridized carbons (Fsp3) is 0.588. The second-order valence-corrected chi connectivity index (χ2v) is 15.0. The molecule has 2 aromatic heterocycles. The topological polar surface area (TPSA) is 144 Å². The summed E-state index contributed by atoms with van der Waals surface area (Å²) in [5.74, 6) is 1.42. The quantitative estimate of drug-likeness (QED) is 0.196. The van der Waals surface area contributed by atoms with Crippen LogP contribution in [-0.4, -0.2) is 66.4 Å². The van der Waals surface area contributed by atoms with E-state index in [2.05, 4.69) is 24.3 Å². The van der Waals surface area contributed by atoms with Crippen LogP contribution < -0.4 is 10.2 Å². The summed E-state index contributed by atoms with van der Waals surface area (Å²) in [7, 11) is 0. The molecule has 2 aliphatic rings. The standard InChI is InChI=1S/C34H47N7O6/c1-21(2)27-19-36-40-29(38(31(42)46-33(3,4)5)20-22-10-9-11-26(14-22)41(44)45)17-28(37-30(27)40)35-18-23-15-24-12-13-25(16-23)39(24)32(43)47-34(6,7)8/h9-11,14,17,19,21,23-25H,12-13,15-16,18,20H2,1-8H3,(H,35,37). The van der Waals surface area contributed by atoms with Crippen LogP contribution in [0.15, 0.2) is 36.5 Å². The Morgan fingerprint density at radius 1 is 1.06 bits per heavy atom. The molecule has 2 fully saturated rings. The number of ether oxygens (including phenoxy) is 2. The van der Waals surface area contributed by atoms with Crippen molar-refractivity contribution < 1.29 is 24.0 Å². The molecule has 0 saturated carbocycles. The number of amides is 2. The molecule has 4 heterocycles. The average molecular weight is 650 g/mol. The van der Waals surface area contributed by atoms with Gasteiger partial charge in [-0.2, -0.15) is 9.61 Å². The number of aromatic nitrogens is 3. The average Bonchev–Trinajstić information content (AvgIpc) is 3.51. The van der Waals surface area contributed by atoms with Gasteiger partial charge in [-0.05, 0) is 84.6 Å². The van der Waals surface area contributed by atoms with Gasteiger partial charge < -0.3 is 19.7 Å². The summed E-state index contributed by atoms with van der Waals surface area (Å²) >= 11 is 0. The van der Waals surface area contributed by atoms with Gasteiger partial charge in [0.25, 0.3) is 5.69 Å². The van der Waals surface area contributed by atoms with E-state index in [1.165, 1.54) is 17.0 Å². The molecule has 0 spiro atoms. The molecule has 0 aliphatic carbocycles. The van der Waals surface area contributed by atoms with E-state index < -0.39 is 22.2 Å². The Morgan fingerprint density at radius 3 is 2.32 bits per heavy atom. The second kappa shape index (κ2) is 13.0. The Bertz CT molecular complexity index is 1630. The van der Waals surface area contributed by atoms with Crippen molar-refractivity contribution >= 4 is 35.2 Å². The first kappa shape index (κ1) is 33.9. The van der Waals surface area contributed by atoms with Crippen molar-refractivity contribution in [3.8, 4) is 0 Å². The Morgan fingerprint density at radius 2 is 1.72 bits per heavy atom. The lowest BCUT2D eigenvalue weighted by Crippen LogP contribution is -2.49. The minimum Gasteiger partial charge on any atom is -0.444 e. The maximum absolute atomic E-state index is 13.8. The number of piperidine rings is 1. The van der Waals surface area contributed by atoms with E-state index in [1.807, 2.05) is 25.7 Å². The van der Waals surface area contributed by atoms with E-state index in [0.29, 0.717) is 35.3 Å². The number of nitro groups is 1. The lowest BCUT2D eigenvalue weighted by atomic mass is 9.91. The van der Waals surface area contributed by atoms with Gasteiger partial charge in [-0.25, -0.2) is 14.6 Å². The molecule has 1 N–H and O–H groups in total. The van der Waals surface area contributed by atoms with Crippen molar-refractivity contribution in [2.24, 2.45) is 5.92 Å². The first-order valence-corrected chi connectivity index (χ1v) is 16.4. The van der Waals surface area contributed by atoms with Crippen LogP contribution in [0.5, 0.6) is 0 Å². The molecule has 2 bridgehead atoms. The van der Waals surface area contributed by atoms with E-state index in [0.717, 1.165) is 31.2 Å². The molecular formula is C34H47N7O6. The first-order chi connectivity index (χ1) is 22.0. The Hall–Kier alpha value is -4.42. The molecule has 2 aliphatic heterocycles. The number of hydrogen-bond acceptors (Lipinski definition) is 9. The molecule has 3 aromatic rings. The lowest BCUT2D eigenvalue weighted by molar-refractivity contribution is -0.384. The van der Waals surface area contributed by atoms with Gasteiger partial charge in [-0.1, -0.05) is 26.0 Å². The number of carbonyl (C=O) groups is 2. The van der Waals surface area contributed by atoms with Crippen LogP contribution >= 0.6 is 0 Å². The first-order valence-electron chi connectivity index (χ1n) is 16.4. The van der Waals surface area contributed by atoms with Gasteiger partial charge in [0.15, 0.2) is 5.65 Å². The normalized spacial score (nSPS) is 19.6. The second-order valence-electron chi connectivity index (χ2n) is 15.0. The highest BCUT2D eigenvalue weighted by molar-refractivity contribution is 5.88. The van der Waals surface area contributed by atoms with Crippen LogP contribution in [0.4, 0.5) is 26.9 Å². The van der Waals surface area contributed by atoms with Gasteiger partial charge in [0, 0.05) is 42.4 Å². The molecular weight excluding hydrogens is 602 g/mol. The number of nitrogens with zero attached hydrogens (tertiary/aromatic N) is 6. The Balaban J connectivity index is 1.45. The summed E-state index contributed by atoms with van der Waals surface area (Å²) in [6.45, 7) is 15.8. The van der Waals surface area contributed by atoms with Crippen molar-refractivity contribution in [1.82, 2.24) is 19.5 Å². The molecule has 0 radical (unpaired) electrons. The molecule has 47 heavy (non-hydrogen) atoms. The van der Waals surface area contributed by atoms with Gasteiger partial charge >= 0.3 is 12.2 Å². The van der Waals surface area contributed by atoms with Crippen molar-refractivity contribution in [2.45, 2.75) is 117 Å². The fourth-order valence-electron chi connectivity index (χ4n) is 6.48. The summed E-state index contributed by atoms with van der Waals surface area (Å²) in [5.41, 5.74) is 0.689. The molecule has 2 unspecified atom stereocenters. The third kappa shape index (κ3) is 7.94. The van der Waals surface area contributed by atoms with Gasteiger partial charge in [0.1, 0.15) is 22.8 Å². The van der Waals surface area contributed by atoms with Gasteiger partial charge in [0.2, 0.25) is 0 Å². The summed E-state index contributed by atoms with van der Waals surface area (Å²) in [6.07, 6.45) is 4.55. The number of rotatable bonds is 8. The van der Waals surface area contributed by atoms with Crippen LogP contribution in [0.3, 0.4) is 0 Å². The highest BCUT2D eigenvalue weighted by atomic mass is 16.6. The zero-order valence-corrected chi connectivity index (χ0v) is 28.6. The highest BCUT2D eigenvalue weighted by Crippen LogP contribution is 2.40. The van der Waals surface area contributed by atoms with E-state index in [9.17, 15) is 19.7 Å². The number of fused-ring (bicyclic) bond motifs is 3. The van der Waals surface area contributed by atoms with Crippen LogP contribution in [-0.2, 0) is 16.0 Å². The Kier molecular flexibility index (Phi) is 9.38. The van der Waals surface area contributed by atoms with Gasteiger partial charge in [-0.15, -0.1) is 0 Å². The smallest absolute Gasteiger partial charge is 0.416 e. The van der Waals surface area contributed by atoms with Crippen molar-refractivity contribution in [1.29, 1.82) is 0 Å². The monoisotopic (exact) mass is 649 g/mol. The molecule has 2 amide bonds. The molecule has 13 nitrogen and oxygen atoms in total. The SMILES string of the molecule is CC(C)c1cnn2c(N(Cc3cccc([N+](=O)[O-])c3)C(=O)OC(C)(C)C)cc(NCC3CC4CCC(C3)N4C(=O)OC(C)(C)C)nc12. The van der Waals surface area contributed by atoms with Crippen LogP contribution in [0.2, 0.25) is 0 Å². The summed E-state index contributed by atoms with van der Waals surface area (Å²) in [5, 5.41) is 19.7. The van der Waals surface area contributed by atoms with E-state index >= 15 is 0 Å². The molecule has 254 valence electrons. The lowest BCUT2D eigenvalue weighted by Gasteiger charge is -2.39. The number of nitrogens with one attached hydrogen (secondary N) is 1. The van der Waals surface area contributed by atoms with E-state index in [4.69, 9.17) is 14.5 Å². The zero-order valence-electron chi connectivity index (χ0n) is 28.6. The van der Waals surface area contributed by atoms with Crippen molar-refractivity contribution in [3.63, 3.8) is 0 Å². The maximum Gasteiger partial charge on any atom is 0.416 e. The van der Waals surface area contributed by atoms with E-state index in [-0.39, 0.29) is 36.3 Å². The van der Waals surface area contributed by atoms with Gasteiger partial charge in [0.05, 0.1) is 17.7 Å². The van der Waals surface area contributed by atoms with Crippen LogP contribution in [0, 0.1) is 16.0 Å². The number of hydrogen-bond donors (Lipinski definition) is 1. The molecule has 2 saturated heterocycles. The third-order valence-electron chi connectivity index (χ3n) is 8.46. The van der Waals surface area contributed by atoms with E-state index in [1.54, 1.807) is 49.7 Å². The number of anilines is 2. The molecule has 13 heteroatoms. The minimum absolute atomic E-state index is 0.0124. The van der Waals surface area contributed by atoms with Crippen LogP contribution in [0.25, 0.3) is 5.65 Å². The summed E-state index contributed by atoms with van der Waals surface area (Å²) < 4.78 is 13.2. The summed E-state index contributed by atoms with van der Waals surface area (Å²) in [4.78, 5) is 46.1. The molecule has 2 atom stereocenters. The Labute approximate surface area is 275 Å². The number of benzene rings is 1. The molecule has 1 aromatic carbocycles. The number of nitro benzene ring substituents is 1. The van der Waals surface area contributed by atoms with Gasteiger partial charge in [-0.3, -0.25) is 15.0 Å². The van der Waals surface area contributed by atoms with Crippen LogP contribution in [0.1, 0.15) is 98.1 Å².